The van der Waals surface area contributed by atoms with Gasteiger partial charge in [0.25, 0.3) is 0 Å². The molecule has 7 heteroatoms. The van der Waals surface area contributed by atoms with Crippen LogP contribution < -0.4 is 4.90 Å². The Labute approximate surface area is 183 Å². The van der Waals surface area contributed by atoms with Crippen molar-refractivity contribution < 1.29 is 9.18 Å². The van der Waals surface area contributed by atoms with Crippen LogP contribution in [0.4, 0.5) is 10.2 Å². The van der Waals surface area contributed by atoms with E-state index in [-0.39, 0.29) is 11.7 Å². The molecular formula is C24H21FN4OS. The molecule has 1 saturated heterocycles. The first kappa shape index (κ1) is 19.6. The van der Waals surface area contributed by atoms with E-state index in [0.29, 0.717) is 32.6 Å². The Morgan fingerprint density at radius 1 is 1.03 bits per heavy atom. The van der Waals surface area contributed by atoms with Crippen molar-refractivity contribution in [3.8, 4) is 11.1 Å². The van der Waals surface area contributed by atoms with E-state index >= 15 is 0 Å². The third-order valence-electron chi connectivity index (χ3n) is 5.66. The highest BCUT2D eigenvalue weighted by molar-refractivity contribution is 7.08. The van der Waals surface area contributed by atoms with Crippen LogP contribution in [0.3, 0.4) is 0 Å². The number of benzene rings is 1. The molecule has 1 amide bonds. The number of carbonyl (C=O) groups excluding carboxylic acids is 1. The summed E-state index contributed by atoms with van der Waals surface area (Å²) in [6.07, 6.45) is 4.01. The number of halogens is 1. The second kappa shape index (κ2) is 8.43. The second-order valence-corrected chi connectivity index (χ2v) is 8.36. The fraction of sp³-hybridized carbons (Fsp3) is 0.208. The first-order valence-corrected chi connectivity index (χ1v) is 11.2. The van der Waals surface area contributed by atoms with Gasteiger partial charge in [-0.15, -0.1) is 0 Å². The Balaban J connectivity index is 1.32. The number of rotatable bonds is 4. The molecule has 0 N–H and O–H groups in total. The Morgan fingerprint density at radius 2 is 1.84 bits per heavy atom. The van der Waals surface area contributed by atoms with E-state index in [1.807, 2.05) is 17.2 Å². The molecule has 1 fully saturated rings. The monoisotopic (exact) mass is 432 g/mol. The van der Waals surface area contributed by atoms with Crippen LogP contribution in [0.5, 0.6) is 0 Å². The maximum atomic E-state index is 13.1. The number of hydrogen-bond acceptors (Lipinski definition) is 5. The number of carbonyl (C=O) groups is 1. The molecule has 1 aromatic carbocycles. The third-order valence-corrected chi connectivity index (χ3v) is 6.34. The smallest absolute Gasteiger partial charge is 0.227 e. The minimum atomic E-state index is -0.289. The van der Waals surface area contributed by atoms with E-state index in [0.717, 1.165) is 33.4 Å². The molecule has 0 saturated carbocycles. The van der Waals surface area contributed by atoms with Crippen molar-refractivity contribution in [1.82, 2.24) is 14.9 Å². The standard InChI is InChI=1S/C24H21FN4OS/c25-19-5-3-17(4-6-19)14-22(30)28-9-11-29(12-10-28)24-23-20(2-1-8-26-23)21(15-27-24)18-7-13-31-16-18/h1-8,13,15-16H,9-12,14H2. The number of piperazine rings is 1. The first-order valence-electron chi connectivity index (χ1n) is 10.2. The van der Waals surface area contributed by atoms with Gasteiger partial charge in [0.05, 0.1) is 6.42 Å². The summed E-state index contributed by atoms with van der Waals surface area (Å²) >= 11 is 1.66. The van der Waals surface area contributed by atoms with Crippen LogP contribution in [0.1, 0.15) is 5.56 Å². The molecule has 5 rings (SSSR count). The quantitative estimate of drug-likeness (QED) is 0.480. The first-order chi connectivity index (χ1) is 15.2. The molecule has 0 spiro atoms. The van der Waals surface area contributed by atoms with Crippen LogP contribution in [0.25, 0.3) is 22.0 Å². The van der Waals surface area contributed by atoms with Crippen molar-refractivity contribution in [2.24, 2.45) is 0 Å². The Morgan fingerprint density at radius 3 is 2.58 bits per heavy atom. The molecule has 4 aromatic rings. The van der Waals surface area contributed by atoms with E-state index < -0.39 is 0 Å². The van der Waals surface area contributed by atoms with Gasteiger partial charge >= 0.3 is 0 Å². The lowest BCUT2D eigenvalue weighted by Gasteiger charge is -2.35. The number of amides is 1. The third kappa shape index (κ3) is 4.01. The Hall–Kier alpha value is -3.32. The zero-order valence-electron chi connectivity index (χ0n) is 16.9. The molecule has 0 aliphatic carbocycles. The van der Waals surface area contributed by atoms with E-state index in [9.17, 15) is 9.18 Å². The van der Waals surface area contributed by atoms with Crippen LogP contribution in [0.2, 0.25) is 0 Å². The van der Waals surface area contributed by atoms with Gasteiger partial charge in [-0.05, 0) is 46.2 Å². The lowest BCUT2D eigenvalue weighted by Crippen LogP contribution is -2.49. The minimum Gasteiger partial charge on any atom is -0.351 e. The highest BCUT2D eigenvalue weighted by Gasteiger charge is 2.24. The number of hydrogen-bond donors (Lipinski definition) is 0. The lowest BCUT2D eigenvalue weighted by atomic mass is 10.1. The summed E-state index contributed by atoms with van der Waals surface area (Å²) in [7, 11) is 0. The SMILES string of the molecule is O=C(Cc1ccc(F)cc1)N1CCN(c2ncc(-c3ccsc3)c3cccnc23)CC1. The van der Waals surface area contributed by atoms with Gasteiger partial charge in [-0.1, -0.05) is 18.2 Å². The van der Waals surface area contributed by atoms with Crippen LogP contribution in [-0.2, 0) is 11.2 Å². The van der Waals surface area contributed by atoms with Crippen molar-refractivity contribution in [3.63, 3.8) is 0 Å². The molecule has 4 heterocycles. The zero-order valence-corrected chi connectivity index (χ0v) is 17.7. The summed E-state index contributed by atoms with van der Waals surface area (Å²) in [4.78, 5) is 26.1. The molecule has 1 aliphatic rings. The summed E-state index contributed by atoms with van der Waals surface area (Å²) in [6.45, 7) is 2.65. The fourth-order valence-corrected chi connectivity index (χ4v) is 4.65. The van der Waals surface area contributed by atoms with Crippen molar-refractivity contribution in [1.29, 1.82) is 0 Å². The van der Waals surface area contributed by atoms with Crippen LogP contribution in [0, 0.1) is 5.82 Å². The van der Waals surface area contributed by atoms with E-state index in [1.165, 1.54) is 12.1 Å². The summed E-state index contributed by atoms with van der Waals surface area (Å²) in [5, 5.41) is 5.27. The molecule has 0 unspecified atom stereocenters. The van der Waals surface area contributed by atoms with Gasteiger partial charge in [0.1, 0.15) is 11.3 Å². The van der Waals surface area contributed by atoms with Gasteiger partial charge in [-0.3, -0.25) is 9.78 Å². The summed E-state index contributed by atoms with van der Waals surface area (Å²) in [5.41, 5.74) is 3.95. The maximum Gasteiger partial charge on any atom is 0.227 e. The van der Waals surface area contributed by atoms with Crippen LogP contribution in [0.15, 0.2) is 65.6 Å². The summed E-state index contributed by atoms with van der Waals surface area (Å²) in [5.74, 6) is 0.637. The molecule has 3 aromatic heterocycles. The predicted molar refractivity (Wildman–Crippen MR) is 122 cm³/mol. The molecule has 0 radical (unpaired) electrons. The van der Waals surface area contributed by atoms with Crippen LogP contribution >= 0.6 is 11.3 Å². The van der Waals surface area contributed by atoms with Gasteiger partial charge in [0.15, 0.2) is 5.82 Å². The lowest BCUT2D eigenvalue weighted by molar-refractivity contribution is -0.130. The topological polar surface area (TPSA) is 49.3 Å². The molecule has 31 heavy (non-hydrogen) atoms. The largest absolute Gasteiger partial charge is 0.351 e. The number of thiophene rings is 1. The predicted octanol–water partition coefficient (Wildman–Crippen LogP) is 4.39. The van der Waals surface area contributed by atoms with Crippen molar-refractivity contribution in [3.05, 3.63) is 77.0 Å². The highest BCUT2D eigenvalue weighted by atomic mass is 32.1. The molecule has 5 nitrogen and oxygen atoms in total. The fourth-order valence-electron chi connectivity index (χ4n) is 3.99. The molecule has 156 valence electrons. The molecular weight excluding hydrogens is 411 g/mol. The van der Waals surface area contributed by atoms with Gasteiger partial charge in [-0.25, -0.2) is 9.37 Å². The van der Waals surface area contributed by atoms with Gasteiger partial charge < -0.3 is 9.80 Å². The number of pyridine rings is 2. The van der Waals surface area contributed by atoms with Crippen molar-refractivity contribution in [2.75, 3.05) is 31.1 Å². The average Bonchev–Trinajstić information content (AvgIpc) is 3.35. The molecule has 0 atom stereocenters. The van der Waals surface area contributed by atoms with Gasteiger partial charge in [0.2, 0.25) is 5.91 Å². The Bertz CT molecular complexity index is 1200. The van der Waals surface area contributed by atoms with Gasteiger partial charge in [0, 0.05) is 49.5 Å². The van der Waals surface area contributed by atoms with Crippen LogP contribution in [-0.4, -0.2) is 47.0 Å². The highest BCUT2D eigenvalue weighted by Crippen LogP contribution is 2.33. The normalized spacial score (nSPS) is 14.2. The molecule has 0 bridgehead atoms. The zero-order chi connectivity index (χ0) is 21.2. The Kier molecular flexibility index (Phi) is 5.34. The van der Waals surface area contributed by atoms with Gasteiger partial charge in [-0.2, -0.15) is 11.3 Å². The summed E-state index contributed by atoms with van der Waals surface area (Å²) < 4.78 is 13.1. The maximum absolute atomic E-state index is 13.1. The van der Waals surface area contributed by atoms with E-state index in [1.54, 1.807) is 29.7 Å². The average molecular weight is 433 g/mol. The molecule has 1 aliphatic heterocycles. The number of anilines is 1. The number of nitrogens with zero attached hydrogens (tertiary/aromatic N) is 4. The number of aromatic nitrogens is 2. The minimum absolute atomic E-state index is 0.0648. The van der Waals surface area contributed by atoms with E-state index in [2.05, 4.69) is 32.8 Å². The van der Waals surface area contributed by atoms with E-state index in [4.69, 9.17) is 4.98 Å². The summed E-state index contributed by atoms with van der Waals surface area (Å²) in [6, 6.07) is 12.3. The van der Waals surface area contributed by atoms with Crippen molar-refractivity contribution >= 4 is 34.0 Å². The number of fused-ring (bicyclic) bond motifs is 1. The van der Waals surface area contributed by atoms with Crippen molar-refractivity contribution in [2.45, 2.75) is 6.42 Å². The second-order valence-electron chi connectivity index (χ2n) is 7.58.